The van der Waals surface area contributed by atoms with E-state index < -0.39 is 16.1 Å². The van der Waals surface area contributed by atoms with Crippen molar-refractivity contribution in [1.82, 2.24) is 24.5 Å². The van der Waals surface area contributed by atoms with Crippen molar-refractivity contribution < 1.29 is 17.9 Å². The topological polar surface area (TPSA) is 111 Å². The molecule has 0 aliphatic heterocycles. The molecule has 0 bridgehead atoms. The summed E-state index contributed by atoms with van der Waals surface area (Å²) in [5, 5.41) is 9.38. The van der Waals surface area contributed by atoms with Crippen molar-refractivity contribution in [1.29, 1.82) is 0 Å². The van der Waals surface area contributed by atoms with E-state index >= 15 is 0 Å². The summed E-state index contributed by atoms with van der Waals surface area (Å²) in [5.41, 5.74) is 0.943. The molecule has 0 unspecified atom stereocenters. The molecule has 1 atom stereocenters. The Morgan fingerprint density at radius 3 is 2.74 bits per heavy atom. The van der Waals surface area contributed by atoms with E-state index in [1.165, 1.54) is 13.2 Å². The first-order valence-electron chi connectivity index (χ1n) is 9.76. The average molecular weight is 442 g/mol. The largest absolute Gasteiger partial charge is 0.495 e. The Kier molecular flexibility index (Phi) is 5.66. The number of hydrogen-bond acceptors (Lipinski definition) is 6. The smallest absolute Gasteiger partial charge is 0.322 e. The molecule has 9 nitrogen and oxygen atoms in total. The van der Waals surface area contributed by atoms with E-state index in [9.17, 15) is 8.42 Å². The van der Waals surface area contributed by atoms with E-state index in [2.05, 4.69) is 19.9 Å². The number of para-hydroxylation sites is 1. The van der Waals surface area contributed by atoms with Gasteiger partial charge in [-0.1, -0.05) is 17.2 Å². The molecule has 0 saturated carbocycles. The third-order valence-electron chi connectivity index (χ3n) is 4.88. The van der Waals surface area contributed by atoms with Crippen LogP contribution >= 0.6 is 0 Å². The Morgan fingerprint density at radius 2 is 1.97 bits per heavy atom. The molecule has 10 heteroatoms. The maximum absolute atomic E-state index is 12.9. The SMILES string of the molecule is CCn1c(Oc2ccc3cc[nH]c3c2)nnc1[C@@H](C)NS(=O)(=O)c1ccccc1OC. The molecule has 0 aliphatic carbocycles. The lowest BCUT2D eigenvalue weighted by atomic mass is 10.2. The standard InChI is InChI=1S/C21H23N5O4S/c1-4-26-20(14(2)25-31(27,28)19-8-6-5-7-18(19)29-3)23-24-21(26)30-16-10-9-15-11-12-22-17(15)13-16/h5-14,22,25H,4H2,1-3H3/t14-/m1/s1. The third kappa shape index (κ3) is 4.12. The summed E-state index contributed by atoms with van der Waals surface area (Å²) in [6.45, 7) is 4.12. The molecule has 2 N–H and O–H groups in total. The highest BCUT2D eigenvalue weighted by Gasteiger charge is 2.26. The summed E-state index contributed by atoms with van der Waals surface area (Å²) in [7, 11) is -2.41. The van der Waals surface area contributed by atoms with Gasteiger partial charge in [0.2, 0.25) is 10.0 Å². The Labute approximate surface area is 180 Å². The number of nitrogens with one attached hydrogen (secondary N) is 2. The lowest BCUT2D eigenvalue weighted by Crippen LogP contribution is -2.29. The van der Waals surface area contributed by atoms with Crippen LogP contribution in [0, 0.1) is 0 Å². The number of aromatic amines is 1. The molecule has 4 aromatic rings. The summed E-state index contributed by atoms with van der Waals surface area (Å²) in [4.78, 5) is 3.20. The van der Waals surface area contributed by atoms with Crippen molar-refractivity contribution in [2.24, 2.45) is 0 Å². The second-order valence-electron chi connectivity index (χ2n) is 6.91. The molecule has 0 radical (unpaired) electrons. The van der Waals surface area contributed by atoms with Gasteiger partial charge in [-0.25, -0.2) is 13.1 Å². The quantitative estimate of drug-likeness (QED) is 0.432. The third-order valence-corrected chi connectivity index (χ3v) is 6.46. The average Bonchev–Trinajstić information content (AvgIpc) is 3.39. The first-order chi connectivity index (χ1) is 14.9. The maximum Gasteiger partial charge on any atom is 0.322 e. The highest BCUT2D eigenvalue weighted by atomic mass is 32.2. The summed E-state index contributed by atoms with van der Waals surface area (Å²) >= 11 is 0. The molecule has 0 saturated heterocycles. The Bertz CT molecular complexity index is 1310. The highest BCUT2D eigenvalue weighted by molar-refractivity contribution is 7.89. The number of hydrogen-bond donors (Lipinski definition) is 2. The van der Waals surface area contributed by atoms with Crippen LogP contribution in [0.1, 0.15) is 25.7 Å². The van der Waals surface area contributed by atoms with Gasteiger partial charge >= 0.3 is 6.01 Å². The van der Waals surface area contributed by atoms with Gasteiger partial charge in [0.1, 0.15) is 16.4 Å². The molecule has 31 heavy (non-hydrogen) atoms. The van der Waals surface area contributed by atoms with Crippen LogP contribution in [-0.4, -0.2) is 35.3 Å². The van der Waals surface area contributed by atoms with Crippen LogP contribution in [0.5, 0.6) is 17.5 Å². The number of rotatable bonds is 8. The fourth-order valence-electron chi connectivity index (χ4n) is 3.38. The molecule has 0 spiro atoms. The molecule has 0 amide bonds. The van der Waals surface area contributed by atoms with Crippen molar-refractivity contribution in [3.8, 4) is 17.5 Å². The minimum Gasteiger partial charge on any atom is -0.495 e. The molecule has 0 fully saturated rings. The molecule has 162 valence electrons. The normalized spacial score (nSPS) is 12.7. The molecule has 2 aromatic heterocycles. The van der Waals surface area contributed by atoms with E-state index in [0.717, 1.165) is 10.9 Å². The second kappa shape index (κ2) is 8.40. The zero-order valence-electron chi connectivity index (χ0n) is 17.4. The number of nitrogens with zero attached hydrogens (tertiary/aromatic N) is 3. The first kappa shape index (κ1) is 20.9. The van der Waals surface area contributed by atoms with Crippen molar-refractivity contribution in [2.75, 3.05) is 7.11 Å². The molecule has 4 rings (SSSR count). The summed E-state index contributed by atoms with van der Waals surface area (Å²) in [6, 6.07) is 13.7. The zero-order valence-corrected chi connectivity index (χ0v) is 18.2. The van der Waals surface area contributed by atoms with Gasteiger partial charge in [-0.3, -0.25) is 4.57 Å². The molecule has 2 heterocycles. The second-order valence-corrected chi connectivity index (χ2v) is 8.59. The summed E-state index contributed by atoms with van der Waals surface area (Å²) in [6.07, 6.45) is 1.86. The lowest BCUT2D eigenvalue weighted by molar-refractivity contribution is 0.401. The monoisotopic (exact) mass is 441 g/mol. The Hall–Kier alpha value is -3.37. The van der Waals surface area contributed by atoms with Gasteiger partial charge in [-0.2, -0.15) is 0 Å². The van der Waals surface area contributed by atoms with Crippen LogP contribution < -0.4 is 14.2 Å². The van der Waals surface area contributed by atoms with Crippen molar-refractivity contribution in [2.45, 2.75) is 31.3 Å². The predicted octanol–water partition coefficient (Wildman–Crippen LogP) is 3.62. The summed E-state index contributed by atoms with van der Waals surface area (Å²) < 4.78 is 41.3. The number of H-pyrrole nitrogens is 1. The van der Waals surface area contributed by atoms with E-state index in [-0.39, 0.29) is 16.7 Å². The number of aromatic nitrogens is 4. The lowest BCUT2D eigenvalue weighted by Gasteiger charge is -2.16. The Balaban J connectivity index is 1.59. The van der Waals surface area contributed by atoms with Gasteiger partial charge < -0.3 is 14.5 Å². The molecular weight excluding hydrogens is 418 g/mol. The Morgan fingerprint density at radius 1 is 1.16 bits per heavy atom. The number of methoxy groups -OCH3 is 1. The number of sulfonamides is 1. The molecule has 0 aliphatic rings. The van der Waals surface area contributed by atoms with Gasteiger partial charge in [0.05, 0.1) is 13.2 Å². The van der Waals surface area contributed by atoms with Crippen molar-refractivity contribution in [3.05, 3.63) is 60.6 Å². The van der Waals surface area contributed by atoms with Crippen LogP contribution in [0.4, 0.5) is 0 Å². The zero-order chi connectivity index (χ0) is 22.0. The highest BCUT2D eigenvalue weighted by Crippen LogP contribution is 2.28. The number of ether oxygens (including phenoxy) is 2. The molecule has 2 aromatic carbocycles. The van der Waals surface area contributed by atoms with E-state index in [0.29, 0.717) is 18.1 Å². The predicted molar refractivity (Wildman–Crippen MR) is 116 cm³/mol. The van der Waals surface area contributed by atoms with Gasteiger partial charge in [0.15, 0.2) is 5.82 Å². The number of benzene rings is 2. The van der Waals surface area contributed by atoms with E-state index in [4.69, 9.17) is 9.47 Å². The minimum atomic E-state index is -3.84. The first-order valence-corrected chi connectivity index (χ1v) is 11.2. The van der Waals surface area contributed by atoms with E-state index in [1.54, 1.807) is 29.7 Å². The molecular formula is C21H23N5O4S. The van der Waals surface area contributed by atoms with Gasteiger partial charge in [-0.15, -0.1) is 5.10 Å². The fourth-order valence-corrected chi connectivity index (χ4v) is 4.75. The fraction of sp³-hybridized carbons (Fsp3) is 0.238. The van der Waals surface area contributed by atoms with Crippen molar-refractivity contribution in [3.63, 3.8) is 0 Å². The van der Waals surface area contributed by atoms with Crippen LogP contribution in [0.15, 0.2) is 59.6 Å². The van der Waals surface area contributed by atoms with Crippen LogP contribution in [0.25, 0.3) is 10.9 Å². The van der Waals surface area contributed by atoms with Crippen LogP contribution in [0.2, 0.25) is 0 Å². The van der Waals surface area contributed by atoms with Crippen molar-refractivity contribution >= 4 is 20.9 Å². The van der Waals surface area contributed by atoms with Gasteiger partial charge in [0, 0.05) is 24.3 Å². The maximum atomic E-state index is 12.9. The number of fused-ring (bicyclic) bond motifs is 1. The van der Waals surface area contributed by atoms with E-state index in [1.807, 2.05) is 37.4 Å². The van der Waals surface area contributed by atoms with Crippen LogP contribution in [0.3, 0.4) is 0 Å². The van der Waals surface area contributed by atoms with Crippen LogP contribution in [-0.2, 0) is 16.6 Å². The van der Waals surface area contributed by atoms with Gasteiger partial charge in [0.25, 0.3) is 0 Å². The minimum absolute atomic E-state index is 0.0580. The summed E-state index contributed by atoms with van der Waals surface area (Å²) in [5.74, 6) is 1.31. The van der Waals surface area contributed by atoms with Gasteiger partial charge in [-0.05, 0) is 49.6 Å².